The zero-order valence-electron chi connectivity index (χ0n) is 10.3. The van der Waals surface area contributed by atoms with Crippen molar-refractivity contribution in [2.45, 2.75) is 64.1 Å². The third-order valence-corrected chi connectivity index (χ3v) is 3.23. The molecule has 0 heterocycles. The second-order valence-corrected chi connectivity index (χ2v) is 5.11. The molecule has 4 N–H and O–H groups in total. The van der Waals surface area contributed by atoms with E-state index in [0.29, 0.717) is 6.42 Å². The molecule has 16 heavy (non-hydrogen) atoms. The van der Waals surface area contributed by atoms with Crippen molar-refractivity contribution in [3.63, 3.8) is 0 Å². The fourth-order valence-corrected chi connectivity index (χ4v) is 2.31. The lowest BCUT2D eigenvalue weighted by Gasteiger charge is -2.26. The van der Waals surface area contributed by atoms with E-state index in [4.69, 9.17) is 5.73 Å². The van der Waals surface area contributed by atoms with E-state index in [9.17, 15) is 9.90 Å². The number of amides is 1. The van der Waals surface area contributed by atoms with Crippen LogP contribution in [0, 0.1) is 5.92 Å². The predicted octanol–water partition coefficient (Wildman–Crippen LogP) is 0.779. The van der Waals surface area contributed by atoms with Gasteiger partial charge in [0.1, 0.15) is 0 Å². The number of aliphatic hydroxyl groups is 1. The largest absolute Gasteiger partial charge is 0.393 e. The third-order valence-electron chi connectivity index (χ3n) is 3.23. The molecular weight excluding hydrogens is 204 g/mol. The minimum atomic E-state index is -0.366. The zero-order valence-corrected chi connectivity index (χ0v) is 10.3. The standard InChI is InChI=1S/C12H24N2O2/c1-8(7-9(2)15)14-12(16)10-3-5-11(13)6-4-10/h8-11,15H,3-7,13H2,1-2H3,(H,14,16). The molecule has 1 aliphatic carbocycles. The molecule has 1 saturated carbocycles. The number of carbonyl (C=O) groups excluding carboxylic acids is 1. The molecule has 0 bridgehead atoms. The van der Waals surface area contributed by atoms with Crippen LogP contribution in [0.2, 0.25) is 0 Å². The average molecular weight is 228 g/mol. The highest BCUT2D eigenvalue weighted by Gasteiger charge is 2.25. The van der Waals surface area contributed by atoms with Gasteiger partial charge in [-0.05, 0) is 46.0 Å². The van der Waals surface area contributed by atoms with Crippen molar-refractivity contribution in [2.24, 2.45) is 11.7 Å². The number of nitrogens with one attached hydrogen (secondary N) is 1. The predicted molar refractivity (Wildman–Crippen MR) is 63.8 cm³/mol. The number of carbonyl (C=O) groups is 1. The molecule has 0 saturated heterocycles. The van der Waals surface area contributed by atoms with Crippen molar-refractivity contribution in [3.05, 3.63) is 0 Å². The van der Waals surface area contributed by atoms with Gasteiger partial charge in [-0.2, -0.15) is 0 Å². The molecular formula is C12H24N2O2. The topological polar surface area (TPSA) is 75.3 Å². The van der Waals surface area contributed by atoms with Crippen LogP contribution < -0.4 is 11.1 Å². The van der Waals surface area contributed by atoms with Crippen LogP contribution in [-0.4, -0.2) is 29.2 Å². The van der Waals surface area contributed by atoms with E-state index in [-0.39, 0.29) is 30.0 Å². The Hall–Kier alpha value is -0.610. The summed E-state index contributed by atoms with van der Waals surface area (Å²) in [5, 5.41) is 12.2. The van der Waals surface area contributed by atoms with E-state index in [0.717, 1.165) is 25.7 Å². The summed E-state index contributed by atoms with van der Waals surface area (Å²) in [6, 6.07) is 0.321. The average Bonchev–Trinajstić information content (AvgIpc) is 2.16. The normalized spacial score (nSPS) is 29.5. The van der Waals surface area contributed by atoms with Crippen LogP contribution in [0.25, 0.3) is 0 Å². The molecule has 0 spiro atoms. The maximum atomic E-state index is 11.9. The van der Waals surface area contributed by atoms with Gasteiger partial charge < -0.3 is 16.2 Å². The summed E-state index contributed by atoms with van der Waals surface area (Å²) in [6.45, 7) is 3.67. The van der Waals surface area contributed by atoms with Gasteiger partial charge in [0.05, 0.1) is 6.10 Å². The number of rotatable bonds is 4. The first-order valence-corrected chi connectivity index (χ1v) is 6.23. The van der Waals surface area contributed by atoms with E-state index in [2.05, 4.69) is 5.32 Å². The molecule has 0 aromatic rings. The molecule has 0 aliphatic heterocycles. The Kier molecular flexibility index (Phi) is 5.22. The molecule has 1 fully saturated rings. The second kappa shape index (κ2) is 6.21. The summed E-state index contributed by atoms with van der Waals surface area (Å²) < 4.78 is 0. The Bertz CT molecular complexity index is 223. The van der Waals surface area contributed by atoms with Gasteiger partial charge in [-0.25, -0.2) is 0 Å². The highest BCUT2D eigenvalue weighted by atomic mass is 16.3. The maximum absolute atomic E-state index is 11.9. The van der Waals surface area contributed by atoms with Crippen molar-refractivity contribution >= 4 is 5.91 Å². The highest BCUT2D eigenvalue weighted by Crippen LogP contribution is 2.23. The first kappa shape index (κ1) is 13.5. The second-order valence-electron chi connectivity index (χ2n) is 5.11. The summed E-state index contributed by atoms with van der Waals surface area (Å²) in [4.78, 5) is 11.9. The summed E-state index contributed by atoms with van der Waals surface area (Å²) >= 11 is 0. The molecule has 0 radical (unpaired) electrons. The Labute approximate surface area is 97.6 Å². The smallest absolute Gasteiger partial charge is 0.223 e. The van der Waals surface area contributed by atoms with Gasteiger partial charge in [0, 0.05) is 18.0 Å². The fraction of sp³-hybridized carbons (Fsp3) is 0.917. The quantitative estimate of drug-likeness (QED) is 0.665. The summed E-state index contributed by atoms with van der Waals surface area (Å²) in [5.41, 5.74) is 5.80. The summed E-state index contributed by atoms with van der Waals surface area (Å²) in [6.07, 6.45) is 3.93. The van der Waals surface area contributed by atoms with Crippen molar-refractivity contribution < 1.29 is 9.90 Å². The van der Waals surface area contributed by atoms with Crippen LogP contribution in [0.4, 0.5) is 0 Å². The van der Waals surface area contributed by atoms with Gasteiger partial charge in [0.2, 0.25) is 5.91 Å². The maximum Gasteiger partial charge on any atom is 0.223 e. The van der Waals surface area contributed by atoms with Crippen LogP contribution in [0.15, 0.2) is 0 Å². The first-order valence-electron chi connectivity index (χ1n) is 6.23. The van der Waals surface area contributed by atoms with E-state index in [1.165, 1.54) is 0 Å². The lowest BCUT2D eigenvalue weighted by atomic mass is 9.86. The molecule has 0 aromatic heterocycles. The van der Waals surface area contributed by atoms with Crippen molar-refractivity contribution in [1.29, 1.82) is 0 Å². The van der Waals surface area contributed by atoms with Crippen LogP contribution in [0.3, 0.4) is 0 Å². The number of hydrogen-bond donors (Lipinski definition) is 3. The Morgan fingerprint density at radius 1 is 1.38 bits per heavy atom. The molecule has 4 heteroatoms. The summed E-state index contributed by atoms with van der Waals surface area (Å²) in [5.74, 6) is 0.247. The van der Waals surface area contributed by atoms with Crippen LogP contribution in [0.1, 0.15) is 46.0 Å². The monoisotopic (exact) mass is 228 g/mol. The van der Waals surface area contributed by atoms with E-state index in [1.54, 1.807) is 6.92 Å². The van der Waals surface area contributed by atoms with E-state index >= 15 is 0 Å². The molecule has 4 nitrogen and oxygen atoms in total. The van der Waals surface area contributed by atoms with Gasteiger partial charge in [0.15, 0.2) is 0 Å². The Morgan fingerprint density at radius 2 is 1.94 bits per heavy atom. The van der Waals surface area contributed by atoms with Crippen LogP contribution in [0.5, 0.6) is 0 Å². The molecule has 1 amide bonds. The number of hydrogen-bond acceptors (Lipinski definition) is 3. The van der Waals surface area contributed by atoms with E-state index in [1.807, 2.05) is 6.92 Å². The van der Waals surface area contributed by atoms with Crippen molar-refractivity contribution in [3.8, 4) is 0 Å². The Morgan fingerprint density at radius 3 is 2.44 bits per heavy atom. The van der Waals surface area contributed by atoms with Gasteiger partial charge >= 0.3 is 0 Å². The van der Waals surface area contributed by atoms with Crippen molar-refractivity contribution in [2.75, 3.05) is 0 Å². The van der Waals surface area contributed by atoms with Crippen LogP contribution >= 0.6 is 0 Å². The minimum absolute atomic E-state index is 0.0445. The highest BCUT2D eigenvalue weighted by molar-refractivity contribution is 5.79. The van der Waals surface area contributed by atoms with Gasteiger partial charge in [-0.15, -0.1) is 0 Å². The SMILES string of the molecule is CC(O)CC(C)NC(=O)C1CCC(N)CC1. The number of nitrogens with two attached hydrogens (primary N) is 1. The molecule has 2 unspecified atom stereocenters. The zero-order chi connectivity index (χ0) is 12.1. The lowest BCUT2D eigenvalue weighted by Crippen LogP contribution is -2.41. The van der Waals surface area contributed by atoms with Gasteiger partial charge in [-0.1, -0.05) is 0 Å². The van der Waals surface area contributed by atoms with Crippen molar-refractivity contribution in [1.82, 2.24) is 5.32 Å². The molecule has 1 rings (SSSR count). The molecule has 1 aliphatic rings. The Balaban J connectivity index is 2.29. The summed E-state index contributed by atoms with van der Waals surface area (Å²) in [7, 11) is 0. The van der Waals surface area contributed by atoms with Gasteiger partial charge in [0.25, 0.3) is 0 Å². The molecule has 94 valence electrons. The van der Waals surface area contributed by atoms with Crippen LogP contribution in [-0.2, 0) is 4.79 Å². The number of aliphatic hydroxyl groups excluding tert-OH is 1. The lowest BCUT2D eigenvalue weighted by molar-refractivity contribution is -0.126. The van der Waals surface area contributed by atoms with Gasteiger partial charge in [-0.3, -0.25) is 4.79 Å². The van der Waals surface area contributed by atoms with E-state index < -0.39 is 0 Å². The minimum Gasteiger partial charge on any atom is -0.393 e. The fourth-order valence-electron chi connectivity index (χ4n) is 2.31. The molecule has 0 aromatic carbocycles. The first-order chi connectivity index (χ1) is 7.49. The third kappa shape index (κ3) is 4.49. The molecule has 2 atom stereocenters.